The van der Waals surface area contributed by atoms with Crippen LogP contribution >= 0.6 is 0 Å². The number of amides is 2. The highest BCUT2D eigenvalue weighted by Crippen LogP contribution is 2.35. The first-order valence-corrected chi connectivity index (χ1v) is 9.24. The number of halogens is 1. The minimum Gasteiger partial charge on any atom is -0.482 e. The largest absolute Gasteiger partial charge is 0.482 e. The molecule has 0 radical (unpaired) electrons. The molecule has 2 aliphatic rings. The van der Waals surface area contributed by atoms with Gasteiger partial charge in [-0.3, -0.25) is 9.59 Å². The Hall–Kier alpha value is -2.93. The van der Waals surface area contributed by atoms with Gasteiger partial charge in [-0.25, -0.2) is 4.39 Å². The van der Waals surface area contributed by atoms with E-state index in [0.717, 1.165) is 5.56 Å². The van der Waals surface area contributed by atoms with E-state index in [1.807, 2.05) is 6.07 Å². The third kappa shape index (κ3) is 3.71. The highest BCUT2D eigenvalue weighted by molar-refractivity contribution is 5.99. The number of rotatable bonds is 4. The molecule has 0 unspecified atom stereocenters. The van der Waals surface area contributed by atoms with E-state index in [2.05, 4.69) is 10.6 Å². The van der Waals surface area contributed by atoms with E-state index in [1.165, 1.54) is 12.1 Å². The second-order valence-electron chi connectivity index (χ2n) is 7.13. The van der Waals surface area contributed by atoms with Crippen molar-refractivity contribution in [3.63, 3.8) is 0 Å². The van der Waals surface area contributed by atoms with Crippen LogP contribution in [0.5, 0.6) is 5.75 Å². The summed E-state index contributed by atoms with van der Waals surface area (Å²) in [6.07, 6.45) is 1.40. The molecule has 1 saturated heterocycles. The quantitative estimate of drug-likeness (QED) is 0.850. The van der Waals surface area contributed by atoms with Crippen LogP contribution < -0.4 is 15.4 Å². The summed E-state index contributed by atoms with van der Waals surface area (Å²) in [5.74, 6) is -0.265. The third-order valence-electron chi connectivity index (χ3n) is 5.35. The van der Waals surface area contributed by atoms with Crippen LogP contribution in [0.15, 0.2) is 42.5 Å². The molecule has 0 atom stereocenters. The van der Waals surface area contributed by atoms with Gasteiger partial charge in [0.25, 0.3) is 11.8 Å². The smallest absolute Gasteiger partial charge is 0.262 e. The zero-order valence-corrected chi connectivity index (χ0v) is 15.3. The maximum atomic E-state index is 13.8. The number of nitrogens with one attached hydrogen (secondary N) is 2. The van der Waals surface area contributed by atoms with Crippen molar-refractivity contribution in [1.82, 2.24) is 5.32 Å². The van der Waals surface area contributed by atoms with Gasteiger partial charge in [-0.2, -0.15) is 0 Å². The maximum absolute atomic E-state index is 13.8. The number of fused-ring (bicyclic) bond motifs is 1. The first-order valence-electron chi connectivity index (χ1n) is 9.24. The van der Waals surface area contributed by atoms with Gasteiger partial charge < -0.3 is 20.1 Å². The number of benzene rings is 2. The number of anilines is 1. The first-order chi connectivity index (χ1) is 13.6. The summed E-state index contributed by atoms with van der Waals surface area (Å²) in [5, 5.41) is 5.67. The second kappa shape index (κ2) is 7.59. The van der Waals surface area contributed by atoms with Crippen LogP contribution in [0.1, 0.15) is 28.8 Å². The molecule has 2 aromatic carbocycles. The molecule has 6 nitrogen and oxygen atoms in total. The summed E-state index contributed by atoms with van der Waals surface area (Å²) in [7, 11) is 0. The van der Waals surface area contributed by atoms with E-state index in [9.17, 15) is 14.0 Å². The lowest BCUT2D eigenvalue weighted by Gasteiger charge is -2.38. The molecule has 0 aromatic heterocycles. The van der Waals surface area contributed by atoms with Crippen LogP contribution in [0, 0.1) is 5.82 Å². The van der Waals surface area contributed by atoms with Gasteiger partial charge in [-0.1, -0.05) is 12.1 Å². The summed E-state index contributed by atoms with van der Waals surface area (Å²) in [6, 6.07) is 11.5. The molecule has 1 fully saturated rings. The number of carbonyl (C=O) groups excluding carboxylic acids is 2. The van der Waals surface area contributed by atoms with Gasteiger partial charge in [0.15, 0.2) is 6.61 Å². The van der Waals surface area contributed by atoms with E-state index in [1.54, 1.807) is 24.3 Å². The Morgan fingerprint density at radius 1 is 1.18 bits per heavy atom. The minimum absolute atomic E-state index is 0.0310. The van der Waals surface area contributed by atoms with Crippen molar-refractivity contribution in [3.05, 3.63) is 59.4 Å². The lowest BCUT2D eigenvalue weighted by molar-refractivity contribution is -0.118. The van der Waals surface area contributed by atoms with Crippen LogP contribution in [-0.4, -0.2) is 38.2 Å². The van der Waals surface area contributed by atoms with Crippen LogP contribution in [0.25, 0.3) is 0 Å². The average molecular weight is 384 g/mol. The molecule has 2 heterocycles. The lowest BCUT2D eigenvalue weighted by Crippen LogP contribution is -2.44. The predicted octanol–water partition coefficient (Wildman–Crippen LogP) is 2.63. The highest BCUT2D eigenvalue weighted by atomic mass is 19.1. The second-order valence-corrected chi connectivity index (χ2v) is 7.13. The molecule has 0 saturated carbocycles. The van der Waals surface area contributed by atoms with Crippen molar-refractivity contribution < 1.29 is 23.5 Å². The van der Waals surface area contributed by atoms with E-state index < -0.39 is 0 Å². The van der Waals surface area contributed by atoms with Crippen LogP contribution in [0.2, 0.25) is 0 Å². The molecule has 7 heteroatoms. The summed E-state index contributed by atoms with van der Waals surface area (Å²) >= 11 is 0. The van der Waals surface area contributed by atoms with Gasteiger partial charge in [-0.15, -0.1) is 0 Å². The van der Waals surface area contributed by atoms with Gasteiger partial charge in [0.2, 0.25) is 0 Å². The highest BCUT2D eigenvalue weighted by Gasteiger charge is 2.35. The monoisotopic (exact) mass is 384 g/mol. The zero-order valence-electron chi connectivity index (χ0n) is 15.3. The molecule has 0 aliphatic carbocycles. The van der Waals surface area contributed by atoms with Gasteiger partial charge in [-0.05, 0) is 48.7 Å². The van der Waals surface area contributed by atoms with Crippen molar-refractivity contribution in [2.75, 3.05) is 31.7 Å². The number of hydrogen-bond donors (Lipinski definition) is 2. The zero-order chi connectivity index (χ0) is 19.6. The molecular formula is C21H21FN2O4. The Bertz CT molecular complexity index is 909. The summed E-state index contributed by atoms with van der Waals surface area (Å²) in [5.41, 5.74) is 1.39. The fourth-order valence-corrected chi connectivity index (χ4v) is 3.72. The summed E-state index contributed by atoms with van der Waals surface area (Å²) in [6.45, 7) is 1.47. The third-order valence-corrected chi connectivity index (χ3v) is 5.35. The summed E-state index contributed by atoms with van der Waals surface area (Å²) < 4.78 is 24.6. The van der Waals surface area contributed by atoms with Crippen LogP contribution in [0.3, 0.4) is 0 Å². The van der Waals surface area contributed by atoms with Gasteiger partial charge in [0.05, 0.1) is 5.69 Å². The predicted molar refractivity (Wildman–Crippen MR) is 101 cm³/mol. The first kappa shape index (κ1) is 18.4. The molecule has 4 rings (SSSR count). The SMILES string of the molecule is O=C1COc2ccc(C(=O)NCC3(c4cccc(F)c4)CCOCC3)cc2N1. The Balaban J connectivity index is 1.52. The fourth-order valence-electron chi connectivity index (χ4n) is 3.72. The van der Waals surface area contributed by atoms with Gasteiger partial charge in [0, 0.05) is 30.7 Å². The molecular weight excluding hydrogens is 363 g/mol. The number of carbonyl (C=O) groups is 2. The van der Waals surface area contributed by atoms with Gasteiger partial charge >= 0.3 is 0 Å². The van der Waals surface area contributed by atoms with Crippen molar-refractivity contribution in [3.8, 4) is 5.75 Å². The van der Waals surface area contributed by atoms with E-state index in [-0.39, 0.29) is 29.7 Å². The number of ether oxygens (including phenoxy) is 2. The molecule has 2 aliphatic heterocycles. The normalized spacial score (nSPS) is 17.8. The van der Waals surface area contributed by atoms with Crippen molar-refractivity contribution in [1.29, 1.82) is 0 Å². The fraction of sp³-hybridized carbons (Fsp3) is 0.333. The molecule has 0 spiro atoms. The van der Waals surface area contributed by atoms with E-state index >= 15 is 0 Å². The summed E-state index contributed by atoms with van der Waals surface area (Å²) in [4.78, 5) is 24.2. The molecule has 28 heavy (non-hydrogen) atoms. The Kier molecular flexibility index (Phi) is 5.00. The maximum Gasteiger partial charge on any atom is 0.262 e. The van der Waals surface area contributed by atoms with E-state index in [0.29, 0.717) is 49.6 Å². The Labute approximate surface area is 162 Å². The molecule has 146 valence electrons. The van der Waals surface area contributed by atoms with Crippen molar-refractivity contribution in [2.24, 2.45) is 0 Å². The Morgan fingerprint density at radius 2 is 2.00 bits per heavy atom. The van der Waals surface area contributed by atoms with E-state index in [4.69, 9.17) is 9.47 Å². The van der Waals surface area contributed by atoms with Crippen molar-refractivity contribution in [2.45, 2.75) is 18.3 Å². The minimum atomic E-state index is -0.373. The molecule has 2 amide bonds. The van der Waals surface area contributed by atoms with Gasteiger partial charge in [0.1, 0.15) is 11.6 Å². The van der Waals surface area contributed by atoms with Crippen molar-refractivity contribution >= 4 is 17.5 Å². The molecule has 0 bridgehead atoms. The van der Waals surface area contributed by atoms with Crippen LogP contribution in [-0.2, 0) is 14.9 Å². The van der Waals surface area contributed by atoms with Crippen LogP contribution in [0.4, 0.5) is 10.1 Å². The number of hydrogen-bond acceptors (Lipinski definition) is 4. The lowest BCUT2D eigenvalue weighted by atomic mass is 9.74. The Morgan fingerprint density at radius 3 is 2.79 bits per heavy atom. The topological polar surface area (TPSA) is 76.7 Å². The molecule has 2 aromatic rings. The standard InChI is InChI=1S/C21H21FN2O4/c22-16-3-1-2-15(11-16)21(6-8-27-9-7-21)13-23-20(26)14-4-5-18-17(10-14)24-19(25)12-28-18/h1-5,10-11H,6-9,12-13H2,(H,23,26)(H,24,25). The molecule has 2 N–H and O–H groups in total. The average Bonchev–Trinajstić information content (AvgIpc) is 2.72.